The molecule has 0 aliphatic carbocycles. The quantitative estimate of drug-likeness (QED) is 0.617. The van der Waals surface area contributed by atoms with Gasteiger partial charge in [-0.3, -0.25) is 28.9 Å². The van der Waals surface area contributed by atoms with Crippen molar-refractivity contribution >= 4 is 28.9 Å². The van der Waals surface area contributed by atoms with E-state index in [2.05, 4.69) is 20.7 Å². The van der Waals surface area contributed by atoms with Gasteiger partial charge in [-0.25, -0.2) is 9.78 Å². The Morgan fingerprint density at radius 1 is 1.27 bits per heavy atom. The van der Waals surface area contributed by atoms with Gasteiger partial charge < -0.3 is 10.2 Å². The molecule has 136 valence electrons. The van der Waals surface area contributed by atoms with E-state index in [-0.39, 0.29) is 23.9 Å². The molecule has 0 atom stereocenters. The first-order valence-electron chi connectivity index (χ1n) is 8.18. The standard InChI is InChI=1S/C15H17N7O4/c1-20-11-9(6-17-20)12(24)22(8-16-11)7-10(23)21-4-2-15(3-5-21)13(25)18-14(26)19-15/h6,8H,2-5,7H2,1H3,(H2,18,19,25,26). The lowest BCUT2D eigenvalue weighted by molar-refractivity contribution is -0.136. The van der Waals surface area contributed by atoms with Crippen LogP contribution in [0.3, 0.4) is 0 Å². The van der Waals surface area contributed by atoms with Gasteiger partial charge in [0, 0.05) is 20.1 Å². The summed E-state index contributed by atoms with van der Waals surface area (Å²) >= 11 is 0. The number of piperidine rings is 1. The van der Waals surface area contributed by atoms with Crippen molar-refractivity contribution in [2.75, 3.05) is 13.1 Å². The largest absolute Gasteiger partial charge is 0.341 e. The molecule has 26 heavy (non-hydrogen) atoms. The van der Waals surface area contributed by atoms with Gasteiger partial charge in [-0.05, 0) is 12.8 Å². The third-order valence-electron chi connectivity index (χ3n) is 5.01. The summed E-state index contributed by atoms with van der Waals surface area (Å²) in [7, 11) is 1.69. The van der Waals surface area contributed by atoms with Crippen LogP contribution in [0, 0.1) is 0 Å². The number of nitrogens with one attached hydrogen (secondary N) is 2. The van der Waals surface area contributed by atoms with Crippen molar-refractivity contribution < 1.29 is 14.4 Å². The van der Waals surface area contributed by atoms with Crippen LogP contribution in [0.1, 0.15) is 12.8 Å². The number of aromatic nitrogens is 4. The van der Waals surface area contributed by atoms with Crippen LogP contribution in [0.15, 0.2) is 17.3 Å². The second-order valence-corrected chi connectivity index (χ2v) is 6.55. The van der Waals surface area contributed by atoms with E-state index < -0.39 is 11.6 Å². The third kappa shape index (κ3) is 2.43. The van der Waals surface area contributed by atoms with E-state index in [1.807, 2.05) is 0 Å². The highest BCUT2D eigenvalue weighted by atomic mass is 16.2. The average Bonchev–Trinajstić information content (AvgIpc) is 3.11. The van der Waals surface area contributed by atoms with Gasteiger partial charge in [0.05, 0.1) is 6.20 Å². The summed E-state index contributed by atoms with van der Waals surface area (Å²) in [6.45, 7) is 0.510. The van der Waals surface area contributed by atoms with Crippen molar-refractivity contribution in [1.29, 1.82) is 0 Å². The van der Waals surface area contributed by atoms with Gasteiger partial charge in [0.15, 0.2) is 5.65 Å². The maximum Gasteiger partial charge on any atom is 0.322 e. The van der Waals surface area contributed by atoms with Gasteiger partial charge >= 0.3 is 6.03 Å². The van der Waals surface area contributed by atoms with Crippen molar-refractivity contribution in [1.82, 2.24) is 34.9 Å². The summed E-state index contributed by atoms with van der Waals surface area (Å²) in [6, 6.07) is -0.503. The first-order valence-corrected chi connectivity index (χ1v) is 8.18. The summed E-state index contributed by atoms with van der Waals surface area (Å²) in [6.07, 6.45) is 3.44. The zero-order valence-electron chi connectivity index (χ0n) is 14.1. The molecule has 2 aliphatic rings. The Morgan fingerprint density at radius 2 is 2.00 bits per heavy atom. The molecule has 4 amide bonds. The molecule has 0 unspecified atom stereocenters. The van der Waals surface area contributed by atoms with E-state index in [0.717, 1.165) is 0 Å². The molecule has 2 aromatic heterocycles. The SMILES string of the molecule is Cn1ncc2c(=O)n(CC(=O)N3CCC4(CC3)NC(=O)NC4=O)cnc21. The van der Waals surface area contributed by atoms with Crippen LogP contribution in [-0.2, 0) is 23.2 Å². The maximum atomic E-state index is 12.5. The predicted molar refractivity (Wildman–Crippen MR) is 88.0 cm³/mol. The average molecular weight is 359 g/mol. The number of hydrogen-bond acceptors (Lipinski definition) is 6. The summed E-state index contributed by atoms with van der Waals surface area (Å²) < 4.78 is 2.74. The van der Waals surface area contributed by atoms with E-state index in [1.54, 1.807) is 11.9 Å². The minimum absolute atomic E-state index is 0.137. The number of carbonyl (C=O) groups excluding carboxylic acids is 3. The summed E-state index contributed by atoms with van der Waals surface area (Å²) in [5.74, 6) is -0.589. The predicted octanol–water partition coefficient (Wildman–Crippen LogP) is -1.67. The topological polar surface area (TPSA) is 131 Å². The molecule has 0 saturated carbocycles. The van der Waals surface area contributed by atoms with Crippen LogP contribution in [-0.4, -0.2) is 60.7 Å². The summed E-state index contributed by atoms with van der Waals surface area (Å²) in [4.78, 5) is 54.0. The van der Waals surface area contributed by atoms with Crippen LogP contribution in [0.25, 0.3) is 11.0 Å². The van der Waals surface area contributed by atoms with E-state index in [9.17, 15) is 19.2 Å². The minimum Gasteiger partial charge on any atom is -0.341 e. The maximum absolute atomic E-state index is 12.5. The number of imide groups is 1. The van der Waals surface area contributed by atoms with Gasteiger partial charge in [0.25, 0.3) is 11.5 Å². The Bertz CT molecular complexity index is 984. The fourth-order valence-corrected chi connectivity index (χ4v) is 3.44. The Kier molecular flexibility index (Phi) is 3.53. The van der Waals surface area contributed by atoms with Crippen molar-refractivity contribution in [3.8, 4) is 0 Å². The zero-order chi connectivity index (χ0) is 18.5. The molecular weight excluding hydrogens is 342 g/mol. The molecule has 11 heteroatoms. The Balaban J connectivity index is 1.47. The van der Waals surface area contributed by atoms with Gasteiger partial charge in [-0.15, -0.1) is 0 Å². The Labute approximate surface area is 147 Å². The number of hydrogen-bond donors (Lipinski definition) is 2. The van der Waals surface area contributed by atoms with E-state index in [4.69, 9.17) is 0 Å². The molecular formula is C15H17N7O4. The summed E-state index contributed by atoms with van der Waals surface area (Å²) in [5.41, 5.74) is -0.796. The number of amides is 4. The fourth-order valence-electron chi connectivity index (χ4n) is 3.44. The van der Waals surface area contributed by atoms with E-state index in [0.29, 0.717) is 37.0 Å². The minimum atomic E-state index is -0.930. The number of likely N-dealkylation sites (tertiary alicyclic amines) is 1. The lowest BCUT2D eigenvalue weighted by atomic mass is 9.88. The molecule has 2 aliphatic heterocycles. The number of aryl methyl sites for hydroxylation is 1. The number of carbonyl (C=O) groups is 3. The highest BCUT2D eigenvalue weighted by molar-refractivity contribution is 6.07. The van der Waals surface area contributed by atoms with Crippen LogP contribution in [0.2, 0.25) is 0 Å². The van der Waals surface area contributed by atoms with Crippen molar-refractivity contribution in [2.24, 2.45) is 7.05 Å². The molecule has 4 rings (SSSR count). The monoisotopic (exact) mass is 359 g/mol. The second kappa shape index (κ2) is 5.64. The van der Waals surface area contributed by atoms with Crippen LogP contribution >= 0.6 is 0 Å². The molecule has 2 N–H and O–H groups in total. The third-order valence-corrected chi connectivity index (χ3v) is 5.01. The second-order valence-electron chi connectivity index (χ2n) is 6.55. The highest BCUT2D eigenvalue weighted by Gasteiger charge is 2.48. The van der Waals surface area contributed by atoms with Crippen LogP contribution in [0.5, 0.6) is 0 Å². The number of urea groups is 1. The van der Waals surface area contributed by atoms with Gasteiger partial charge in [-0.1, -0.05) is 0 Å². The number of fused-ring (bicyclic) bond motifs is 1. The lowest BCUT2D eigenvalue weighted by Gasteiger charge is -2.37. The number of nitrogens with zero attached hydrogens (tertiary/aromatic N) is 5. The van der Waals surface area contributed by atoms with Crippen LogP contribution in [0.4, 0.5) is 4.79 Å². The van der Waals surface area contributed by atoms with E-state index in [1.165, 1.54) is 21.8 Å². The first kappa shape index (κ1) is 16.2. The smallest absolute Gasteiger partial charge is 0.322 e. The molecule has 2 saturated heterocycles. The molecule has 0 radical (unpaired) electrons. The molecule has 2 aromatic rings. The Hall–Kier alpha value is -3.24. The molecule has 4 heterocycles. The molecule has 11 nitrogen and oxygen atoms in total. The van der Waals surface area contributed by atoms with Gasteiger partial charge in [0.1, 0.15) is 23.8 Å². The van der Waals surface area contributed by atoms with Crippen molar-refractivity contribution in [3.05, 3.63) is 22.9 Å². The fraction of sp³-hybridized carbons (Fsp3) is 0.467. The Morgan fingerprint density at radius 3 is 2.65 bits per heavy atom. The molecule has 1 spiro atoms. The van der Waals surface area contributed by atoms with E-state index >= 15 is 0 Å². The highest BCUT2D eigenvalue weighted by Crippen LogP contribution is 2.25. The van der Waals surface area contributed by atoms with Crippen LogP contribution < -0.4 is 16.2 Å². The molecule has 0 aromatic carbocycles. The number of rotatable bonds is 2. The van der Waals surface area contributed by atoms with Crippen molar-refractivity contribution in [2.45, 2.75) is 24.9 Å². The zero-order valence-corrected chi connectivity index (χ0v) is 14.1. The summed E-state index contributed by atoms with van der Waals surface area (Å²) in [5, 5.41) is 9.23. The van der Waals surface area contributed by atoms with Gasteiger partial charge in [-0.2, -0.15) is 5.10 Å². The normalized spacial score (nSPS) is 19.0. The molecule has 0 bridgehead atoms. The first-order chi connectivity index (χ1) is 12.4. The van der Waals surface area contributed by atoms with Gasteiger partial charge in [0.2, 0.25) is 5.91 Å². The van der Waals surface area contributed by atoms with Crippen molar-refractivity contribution in [3.63, 3.8) is 0 Å². The lowest BCUT2D eigenvalue weighted by Crippen LogP contribution is -2.56. The molecule has 2 fully saturated rings.